The number of hydrogen-bond donors (Lipinski definition) is 5. The van der Waals surface area contributed by atoms with Gasteiger partial charge in [0.1, 0.15) is 25.0 Å². The first-order valence-electron chi connectivity index (χ1n) is 15.4. The van der Waals surface area contributed by atoms with Crippen LogP contribution >= 0.6 is 0 Å². The summed E-state index contributed by atoms with van der Waals surface area (Å²) in [6, 6.07) is 19.7. The lowest BCUT2D eigenvalue weighted by molar-refractivity contribution is -0.131. The lowest BCUT2D eigenvalue weighted by Crippen LogP contribution is -2.57. The number of aromatic nitrogens is 2. The van der Waals surface area contributed by atoms with Crippen molar-refractivity contribution < 1.29 is 29.0 Å². The molecule has 0 unspecified atom stereocenters. The fourth-order valence-corrected chi connectivity index (χ4v) is 5.27. The summed E-state index contributed by atoms with van der Waals surface area (Å²) in [7, 11) is 0. The summed E-state index contributed by atoms with van der Waals surface area (Å²) in [6.45, 7) is 3.90. The van der Waals surface area contributed by atoms with Gasteiger partial charge in [-0.1, -0.05) is 86.6 Å². The Morgan fingerprint density at radius 3 is 2.30 bits per heavy atom. The number of hydrogen-bond acceptors (Lipinski definition) is 7. The second kappa shape index (κ2) is 16.9. The monoisotopic (exact) mass is 627 g/mol. The van der Waals surface area contributed by atoms with E-state index in [0.717, 1.165) is 21.9 Å². The summed E-state index contributed by atoms with van der Waals surface area (Å²) in [5, 5.41) is 20.8. The van der Waals surface area contributed by atoms with Crippen LogP contribution < -0.4 is 16.0 Å². The number of nitrogens with one attached hydrogen (secondary N) is 4. The molecule has 11 nitrogen and oxygen atoms in total. The number of aliphatic hydroxyl groups is 1. The molecular weight excluding hydrogens is 586 g/mol. The van der Waals surface area contributed by atoms with E-state index in [1.807, 2.05) is 86.6 Å². The van der Waals surface area contributed by atoms with Crippen molar-refractivity contribution >= 4 is 35.0 Å². The van der Waals surface area contributed by atoms with Gasteiger partial charge in [-0.3, -0.25) is 9.59 Å². The molecule has 242 valence electrons. The van der Waals surface area contributed by atoms with Gasteiger partial charge in [0.25, 0.3) is 0 Å². The standard InChI is InChI=1S/C35H41N5O6/c1-23(2)17-29(32(42)15-16-41)38-34(44)31(19-27-20-36-22-37-27)39-33(43)30(40-35(45)46-21-24-9-4-3-5-10-24)18-26-13-8-12-25-11-6-7-14-28(25)26/h3-14,16,20,22-23,29-32,42H,15,17-19,21H2,1-2H3,(H,36,37)(H,38,44)(H,39,43)(H,40,45)/t29-,30-,31-,32-/m0/s1. The van der Waals surface area contributed by atoms with Gasteiger partial charge in [-0.25, -0.2) is 9.78 Å². The Balaban J connectivity index is 1.57. The molecule has 0 radical (unpaired) electrons. The van der Waals surface area contributed by atoms with Crippen molar-refractivity contribution in [2.24, 2.45) is 5.92 Å². The molecule has 0 aliphatic heterocycles. The summed E-state index contributed by atoms with van der Waals surface area (Å²) in [5.74, 6) is -1.03. The van der Waals surface area contributed by atoms with Gasteiger partial charge in [-0.05, 0) is 34.2 Å². The topological polar surface area (TPSA) is 163 Å². The molecule has 0 fully saturated rings. The Morgan fingerprint density at radius 2 is 1.59 bits per heavy atom. The van der Waals surface area contributed by atoms with Crippen LogP contribution in [0.15, 0.2) is 85.3 Å². The van der Waals surface area contributed by atoms with E-state index in [9.17, 15) is 24.3 Å². The van der Waals surface area contributed by atoms with Crippen LogP contribution in [0.25, 0.3) is 10.8 Å². The maximum absolute atomic E-state index is 14.0. The molecule has 4 atom stereocenters. The van der Waals surface area contributed by atoms with Gasteiger partial charge >= 0.3 is 6.09 Å². The minimum absolute atomic E-state index is 0.0144. The second-order valence-electron chi connectivity index (χ2n) is 11.7. The van der Waals surface area contributed by atoms with Crippen molar-refractivity contribution in [1.29, 1.82) is 0 Å². The maximum Gasteiger partial charge on any atom is 0.408 e. The SMILES string of the molecule is CC(C)C[C@H](NC(=O)[C@H](Cc1cnc[nH]1)NC(=O)[C@H](Cc1cccc2ccccc12)NC(=O)OCc1ccccc1)[C@@H](O)CC=O. The Labute approximate surface area is 268 Å². The normalized spacial score (nSPS) is 13.7. The quantitative estimate of drug-likeness (QED) is 0.119. The number of alkyl carbamates (subject to hydrolysis) is 1. The molecule has 4 rings (SSSR count). The number of carbonyl (C=O) groups is 4. The summed E-state index contributed by atoms with van der Waals surface area (Å²) in [4.78, 5) is 58.7. The molecule has 1 aromatic heterocycles. The number of nitrogens with zero attached hydrogens (tertiary/aromatic N) is 1. The van der Waals surface area contributed by atoms with Crippen molar-refractivity contribution in [2.75, 3.05) is 0 Å². The predicted octanol–water partition coefficient (Wildman–Crippen LogP) is 3.61. The number of amides is 3. The molecule has 1 heterocycles. The van der Waals surface area contributed by atoms with E-state index in [1.165, 1.54) is 6.33 Å². The number of benzene rings is 3. The average Bonchev–Trinajstić information content (AvgIpc) is 3.56. The number of carbonyl (C=O) groups excluding carboxylic acids is 4. The Morgan fingerprint density at radius 1 is 0.891 bits per heavy atom. The molecule has 0 saturated heterocycles. The number of rotatable bonds is 16. The number of ether oxygens (including phenoxy) is 1. The van der Waals surface area contributed by atoms with Crippen LogP contribution in [0.5, 0.6) is 0 Å². The Bertz CT molecular complexity index is 1570. The first kappa shape index (κ1) is 33.9. The highest BCUT2D eigenvalue weighted by Crippen LogP contribution is 2.20. The van der Waals surface area contributed by atoms with Crippen LogP contribution in [0.4, 0.5) is 4.79 Å². The van der Waals surface area contributed by atoms with Crippen molar-refractivity contribution in [3.63, 3.8) is 0 Å². The molecule has 3 amide bonds. The first-order valence-corrected chi connectivity index (χ1v) is 15.4. The highest BCUT2D eigenvalue weighted by atomic mass is 16.5. The second-order valence-corrected chi connectivity index (χ2v) is 11.7. The molecule has 4 aromatic rings. The van der Waals surface area contributed by atoms with Gasteiger partial charge in [0, 0.05) is 31.2 Å². The van der Waals surface area contributed by atoms with Crippen LogP contribution in [-0.4, -0.2) is 63.5 Å². The molecule has 0 aliphatic rings. The van der Waals surface area contributed by atoms with Crippen LogP contribution in [-0.2, 0) is 38.6 Å². The van der Waals surface area contributed by atoms with Gasteiger partial charge in [-0.15, -0.1) is 0 Å². The highest BCUT2D eigenvalue weighted by molar-refractivity contribution is 5.93. The molecule has 3 aromatic carbocycles. The van der Waals surface area contributed by atoms with E-state index in [0.29, 0.717) is 18.4 Å². The molecular formula is C35H41N5O6. The zero-order valence-corrected chi connectivity index (χ0v) is 26.0. The van der Waals surface area contributed by atoms with E-state index < -0.39 is 42.1 Å². The summed E-state index contributed by atoms with van der Waals surface area (Å²) in [6.07, 6.45) is 2.21. The molecule has 5 N–H and O–H groups in total. The lowest BCUT2D eigenvalue weighted by atomic mass is 9.96. The third-order valence-corrected chi connectivity index (χ3v) is 7.59. The van der Waals surface area contributed by atoms with Crippen molar-refractivity contribution in [1.82, 2.24) is 25.9 Å². The van der Waals surface area contributed by atoms with Gasteiger partial charge in [0.05, 0.1) is 18.5 Å². The summed E-state index contributed by atoms with van der Waals surface area (Å²) >= 11 is 0. The third-order valence-electron chi connectivity index (χ3n) is 7.59. The van der Waals surface area contributed by atoms with Crippen LogP contribution in [0, 0.1) is 5.92 Å². The smallest absolute Gasteiger partial charge is 0.408 e. The van der Waals surface area contributed by atoms with Crippen molar-refractivity contribution in [3.8, 4) is 0 Å². The van der Waals surface area contributed by atoms with E-state index in [2.05, 4.69) is 25.9 Å². The first-order chi connectivity index (χ1) is 22.2. The zero-order chi connectivity index (χ0) is 32.9. The van der Waals surface area contributed by atoms with Crippen LogP contribution in [0.1, 0.15) is 43.5 Å². The Hall–Kier alpha value is -5.03. The number of aromatic amines is 1. The van der Waals surface area contributed by atoms with Gasteiger partial charge in [-0.2, -0.15) is 0 Å². The van der Waals surface area contributed by atoms with Gasteiger partial charge in [0.15, 0.2) is 0 Å². The maximum atomic E-state index is 14.0. The summed E-state index contributed by atoms with van der Waals surface area (Å²) < 4.78 is 5.43. The van der Waals surface area contributed by atoms with E-state index in [1.54, 1.807) is 6.20 Å². The third kappa shape index (κ3) is 10.00. The zero-order valence-electron chi connectivity index (χ0n) is 26.0. The highest BCUT2D eigenvalue weighted by Gasteiger charge is 2.31. The van der Waals surface area contributed by atoms with Gasteiger partial charge in [0.2, 0.25) is 11.8 Å². The lowest BCUT2D eigenvalue weighted by Gasteiger charge is -2.28. The van der Waals surface area contributed by atoms with Crippen LogP contribution in [0.2, 0.25) is 0 Å². The number of H-pyrrole nitrogens is 1. The van der Waals surface area contributed by atoms with E-state index in [4.69, 9.17) is 4.74 Å². The number of aldehydes is 1. The minimum Gasteiger partial charge on any atom is -0.445 e. The molecule has 0 saturated carbocycles. The van der Waals surface area contributed by atoms with E-state index in [-0.39, 0.29) is 31.8 Å². The fourth-order valence-electron chi connectivity index (χ4n) is 5.27. The minimum atomic E-state index is -1.10. The number of fused-ring (bicyclic) bond motifs is 1. The van der Waals surface area contributed by atoms with Crippen molar-refractivity contribution in [3.05, 3.63) is 102 Å². The van der Waals surface area contributed by atoms with Gasteiger partial charge < -0.3 is 35.6 Å². The van der Waals surface area contributed by atoms with E-state index >= 15 is 0 Å². The average molecular weight is 628 g/mol. The molecule has 0 aliphatic carbocycles. The molecule has 0 bridgehead atoms. The number of aliphatic hydroxyl groups excluding tert-OH is 1. The predicted molar refractivity (Wildman–Crippen MR) is 173 cm³/mol. The summed E-state index contributed by atoms with van der Waals surface area (Å²) in [5.41, 5.74) is 2.21. The largest absolute Gasteiger partial charge is 0.445 e. The van der Waals surface area contributed by atoms with Crippen LogP contribution in [0.3, 0.4) is 0 Å². The fraction of sp³-hybridized carbons (Fsp3) is 0.343. The molecule has 46 heavy (non-hydrogen) atoms. The number of imidazole rings is 1. The Kier molecular flexibility index (Phi) is 12.4. The molecule has 0 spiro atoms. The van der Waals surface area contributed by atoms with Crippen molar-refractivity contribution in [2.45, 2.75) is 70.4 Å². The molecule has 11 heteroatoms.